The van der Waals surface area contributed by atoms with E-state index in [4.69, 9.17) is 9.84 Å². The van der Waals surface area contributed by atoms with E-state index in [-0.39, 0.29) is 24.2 Å². The van der Waals surface area contributed by atoms with Gasteiger partial charge in [-0.3, -0.25) is 4.79 Å². The molecule has 1 aromatic carbocycles. The van der Waals surface area contributed by atoms with Crippen molar-refractivity contribution >= 4 is 5.91 Å². The monoisotopic (exact) mass is 251 g/mol. The first-order valence-electron chi connectivity index (χ1n) is 5.93. The first-order chi connectivity index (χ1) is 8.65. The Balaban J connectivity index is 2.14. The number of ether oxygens (including phenoxy) is 1. The average Bonchev–Trinajstić information content (AvgIpc) is 2.87. The van der Waals surface area contributed by atoms with Crippen molar-refractivity contribution in [1.29, 1.82) is 0 Å². The zero-order valence-corrected chi connectivity index (χ0v) is 10.3. The van der Waals surface area contributed by atoms with Crippen LogP contribution < -0.4 is 4.74 Å². The lowest BCUT2D eigenvalue weighted by atomic mass is 10.1. The van der Waals surface area contributed by atoms with Gasteiger partial charge in [0.05, 0.1) is 7.11 Å². The molecule has 0 radical (unpaired) electrons. The largest absolute Gasteiger partial charge is 0.504 e. The van der Waals surface area contributed by atoms with Crippen molar-refractivity contribution in [3.8, 4) is 11.5 Å². The van der Waals surface area contributed by atoms with Gasteiger partial charge in [0, 0.05) is 31.2 Å². The molecule has 1 fully saturated rings. The van der Waals surface area contributed by atoms with Crippen molar-refractivity contribution < 1.29 is 19.7 Å². The molecule has 1 saturated heterocycles. The van der Waals surface area contributed by atoms with Crippen LogP contribution in [-0.4, -0.2) is 47.8 Å². The number of hydrogen-bond donors (Lipinski definition) is 2. The Labute approximate surface area is 106 Å². The molecule has 5 heteroatoms. The summed E-state index contributed by atoms with van der Waals surface area (Å²) in [5, 5.41) is 18.5. The molecule has 2 rings (SSSR count). The zero-order chi connectivity index (χ0) is 13.1. The van der Waals surface area contributed by atoms with Crippen LogP contribution in [0.25, 0.3) is 0 Å². The molecule has 1 aliphatic rings. The molecule has 0 aromatic heterocycles. The van der Waals surface area contributed by atoms with E-state index in [1.54, 1.807) is 11.0 Å². The van der Waals surface area contributed by atoms with E-state index in [0.717, 1.165) is 6.42 Å². The molecule has 18 heavy (non-hydrogen) atoms. The van der Waals surface area contributed by atoms with Crippen LogP contribution in [0.2, 0.25) is 0 Å². The lowest BCUT2D eigenvalue weighted by Crippen LogP contribution is -2.29. The number of carbonyl (C=O) groups excluding carboxylic acids is 1. The second kappa shape index (κ2) is 5.27. The minimum atomic E-state index is -0.0933. The molecule has 5 nitrogen and oxygen atoms in total. The molecule has 0 spiro atoms. The van der Waals surface area contributed by atoms with Crippen molar-refractivity contribution in [1.82, 2.24) is 4.90 Å². The summed E-state index contributed by atoms with van der Waals surface area (Å²) in [6.45, 7) is 1.36. The fourth-order valence-electron chi connectivity index (χ4n) is 2.16. The minimum absolute atomic E-state index is 0.0173. The third-order valence-electron chi connectivity index (χ3n) is 3.26. The van der Waals surface area contributed by atoms with Crippen LogP contribution in [0, 0.1) is 5.92 Å². The van der Waals surface area contributed by atoms with Crippen molar-refractivity contribution in [2.75, 3.05) is 26.8 Å². The van der Waals surface area contributed by atoms with Crippen molar-refractivity contribution in [3.63, 3.8) is 0 Å². The molecule has 1 aliphatic heterocycles. The van der Waals surface area contributed by atoms with Gasteiger partial charge >= 0.3 is 0 Å². The number of aliphatic hydroxyl groups excluding tert-OH is 1. The molecule has 1 heterocycles. The van der Waals surface area contributed by atoms with E-state index < -0.39 is 0 Å². The highest BCUT2D eigenvalue weighted by atomic mass is 16.5. The lowest BCUT2D eigenvalue weighted by molar-refractivity contribution is 0.0781. The molecule has 1 amide bonds. The smallest absolute Gasteiger partial charge is 0.254 e. The lowest BCUT2D eigenvalue weighted by Gasteiger charge is -2.16. The summed E-state index contributed by atoms with van der Waals surface area (Å²) in [6.07, 6.45) is 0.831. The fraction of sp³-hybridized carbons (Fsp3) is 0.462. The Bertz CT molecular complexity index is 447. The average molecular weight is 251 g/mol. The minimum Gasteiger partial charge on any atom is -0.504 e. The van der Waals surface area contributed by atoms with E-state index in [0.29, 0.717) is 24.4 Å². The number of benzene rings is 1. The van der Waals surface area contributed by atoms with Crippen LogP contribution in [0.5, 0.6) is 11.5 Å². The molecule has 0 saturated carbocycles. The fourth-order valence-corrected chi connectivity index (χ4v) is 2.16. The SMILES string of the molecule is COc1cc(C(=O)N2CCC(CO)C2)ccc1O. The summed E-state index contributed by atoms with van der Waals surface area (Å²) in [5.41, 5.74) is 0.489. The quantitative estimate of drug-likeness (QED) is 0.835. The number of phenolic OH excluding ortho intramolecular Hbond substituents is 1. The molecule has 98 valence electrons. The zero-order valence-electron chi connectivity index (χ0n) is 10.3. The standard InChI is InChI=1S/C13H17NO4/c1-18-12-6-10(2-3-11(12)16)13(17)14-5-4-9(7-14)8-15/h2-3,6,9,15-16H,4-5,7-8H2,1H3. The van der Waals surface area contributed by atoms with Crippen molar-refractivity contribution in [2.45, 2.75) is 6.42 Å². The van der Waals surface area contributed by atoms with Crippen LogP contribution in [0.15, 0.2) is 18.2 Å². The van der Waals surface area contributed by atoms with Crippen molar-refractivity contribution in [2.24, 2.45) is 5.92 Å². The predicted molar refractivity (Wildman–Crippen MR) is 65.8 cm³/mol. The third-order valence-corrected chi connectivity index (χ3v) is 3.26. The summed E-state index contributed by atoms with van der Waals surface area (Å²) < 4.78 is 4.98. The van der Waals surface area contributed by atoms with Gasteiger partial charge in [-0.05, 0) is 24.6 Å². The Morgan fingerprint density at radius 3 is 2.94 bits per heavy atom. The van der Waals surface area contributed by atoms with Gasteiger partial charge in [0.25, 0.3) is 5.91 Å². The molecule has 1 atom stereocenters. The maximum Gasteiger partial charge on any atom is 0.254 e. The summed E-state index contributed by atoms with van der Waals surface area (Å²) in [4.78, 5) is 13.9. The number of rotatable bonds is 3. The summed E-state index contributed by atoms with van der Waals surface area (Å²) >= 11 is 0. The second-order valence-electron chi connectivity index (χ2n) is 4.48. The molecular formula is C13H17NO4. The number of amides is 1. The van der Waals surface area contributed by atoms with E-state index >= 15 is 0 Å². The topological polar surface area (TPSA) is 70.0 Å². The van der Waals surface area contributed by atoms with Crippen LogP contribution in [0.1, 0.15) is 16.8 Å². The molecule has 2 N–H and O–H groups in total. The predicted octanol–water partition coefficient (Wildman–Crippen LogP) is 0.855. The highest BCUT2D eigenvalue weighted by Gasteiger charge is 2.26. The summed E-state index contributed by atoms with van der Waals surface area (Å²) in [6, 6.07) is 4.56. The van der Waals surface area contributed by atoms with Gasteiger partial charge in [-0.1, -0.05) is 0 Å². The molecular weight excluding hydrogens is 234 g/mol. The Hall–Kier alpha value is -1.75. The molecule has 1 unspecified atom stereocenters. The summed E-state index contributed by atoms with van der Waals surface area (Å²) in [7, 11) is 1.45. The highest BCUT2D eigenvalue weighted by Crippen LogP contribution is 2.27. The first kappa shape index (κ1) is 12.7. The van der Waals surface area contributed by atoms with Crippen LogP contribution in [0.4, 0.5) is 0 Å². The van der Waals surface area contributed by atoms with E-state index in [9.17, 15) is 9.90 Å². The van der Waals surface area contributed by atoms with Crippen LogP contribution in [0.3, 0.4) is 0 Å². The number of carbonyl (C=O) groups is 1. The Morgan fingerprint density at radius 1 is 1.56 bits per heavy atom. The first-order valence-corrected chi connectivity index (χ1v) is 5.93. The maximum absolute atomic E-state index is 12.2. The maximum atomic E-state index is 12.2. The number of hydrogen-bond acceptors (Lipinski definition) is 4. The molecule has 1 aromatic rings. The van der Waals surface area contributed by atoms with E-state index in [1.807, 2.05) is 0 Å². The van der Waals surface area contributed by atoms with Gasteiger partial charge in [-0.15, -0.1) is 0 Å². The van der Waals surface area contributed by atoms with Gasteiger partial charge in [-0.25, -0.2) is 0 Å². The highest BCUT2D eigenvalue weighted by molar-refractivity contribution is 5.95. The normalized spacial score (nSPS) is 19.0. The Morgan fingerprint density at radius 2 is 2.33 bits per heavy atom. The van der Waals surface area contributed by atoms with E-state index in [1.165, 1.54) is 19.2 Å². The van der Waals surface area contributed by atoms with E-state index in [2.05, 4.69) is 0 Å². The number of likely N-dealkylation sites (tertiary alicyclic amines) is 1. The number of methoxy groups -OCH3 is 1. The summed E-state index contributed by atoms with van der Waals surface area (Å²) in [5.74, 6) is 0.389. The van der Waals surface area contributed by atoms with Gasteiger partial charge in [0.15, 0.2) is 11.5 Å². The van der Waals surface area contributed by atoms with Crippen LogP contribution in [-0.2, 0) is 0 Å². The Kier molecular flexibility index (Phi) is 3.72. The second-order valence-corrected chi connectivity index (χ2v) is 4.48. The van der Waals surface area contributed by atoms with Gasteiger partial charge in [-0.2, -0.15) is 0 Å². The van der Waals surface area contributed by atoms with Crippen molar-refractivity contribution in [3.05, 3.63) is 23.8 Å². The number of aromatic hydroxyl groups is 1. The van der Waals surface area contributed by atoms with Gasteiger partial charge in [0.1, 0.15) is 0 Å². The molecule has 0 aliphatic carbocycles. The third kappa shape index (κ3) is 2.41. The van der Waals surface area contributed by atoms with Gasteiger partial charge in [0.2, 0.25) is 0 Å². The van der Waals surface area contributed by atoms with Crippen LogP contribution >= 0.6 is 0 Å². The number of phenols is 1. The molecule has 0 bridgehead atoms. The number of aliphatic hydroxyl groups is 1. The number of nitrogens with zero attached hydrogens (tertiary/aromatic N) is 1. The van der Waals surface area contributed by atoms with Gasteiger partial charge < -0.3 is 19.8 Å².